The van der Waals surface area contributed by atoms with Crippen molar-refractivity contribution in [3.8, 4) is 0 Å². The molecule has 3 aliphatic rings. The van der Waals surface area contributed by atoms with Crippen LogP contribution >= 0.6 is 0 Å². The molecule has 1 N–H and O–H groups in total. The maximum atomic E-state index is 12.3. The van der Waals surface area contributed by atoms with Crippen molar-refractivity contribution in [2.24, 2.45) is 11.8 Å². The highest BCUT2D eigenvalue weighted by molar-refractivity contribution is 5.77. The van der Waals surface area contributed by atoms with Crippen LogP contribution in [0.15, 0.2) is 22.8 Å². The summed E-state index contributed by atoms with van der Waals surface area (Å²) in [5.74, 6) is 0.0215. The second-order valence-corrected chi connectivity index (χ2v) is 7.22. The fourth-order valence-corrected chi connectivity index (χ4v) is 4.11. The summed E-state index contributed by atoms with van der Waals surface area (Å²) in [6, 6.07) is 0. The number of carbonyl (C=O) groups is 1. The lowest BCUT2D eigenvalue weighted by molar-refractivity contribution is -0.143. The van der Waals surface area contributed by atoms with E-state index in [0.29, 0.717) is 13.0 Å². The van der Waals surface area contributed by atoms with Gasteiger partial charge in [-0.2, -0.15) is 0 Å². The van der Waals surface area contributed by atoms with Gasteiger partial charge in [0.15, 0.2) is 0 Å². The van der Waals surface area contributed by atoms with Gasteiger partial charge in [0.05, 0.1) is 11.5 Å². The van der Waals surface area contributed by atoms with Crippen LogP contribution in [-0.4, -0.2) is 48.3 Å². The average Bonchev–Trinajstić information content (AvgIpc) is 2.86. The third-order valence-corrected chi connectivity index (χ3v) is 5.20. The standard InChI is InChI=1S/C17H25NO3/c1-10-5-6-13-14(10)15-11(7-8-17(13,2)20)12(9-18(3)4)16(19)21-15/h6,11-12,15,20H,5,7-9H2,1-4H3/t11-,12-,15-,17-/m0/s1. The minimum absolute atomic E-state index is 0.0770. The normalized spacial score (nSPS) is 39.0. The Bertz CT molecular complexity index is 530. The summed E-state index contributed by atoms with van der Waals surface area (Å²) in [6.45, 7) is 4.69. The van der Waals surface area contributed by atoms with Crippen molar-refractivity contribution < 1.29 is 14.6 Å². The number of hydrogen-bond acceptors (Lipinski definition) is 4. The van der Waals surface area contributed by atoms with Crippen LogP contribution < -0.4 is 0 Å². The number of esters is 1. The van der Waals surface area contributed by atoms with Gasteiger partial charge in [0.25, 0.3) is 0 Å². The minimum Gasteiger partial charge on any atom is -0.457 e. The Hall–Kier alpha value is -1.13. The van der Waals surface area contributed by atoms with Gasteiger partial charge in [-0.3, -0.25) is 4.79 Å². The molecule has 0 radical (unpaired) electrons. The number of fused-ring (bicyclic) bond motifs is 3. The van der Waals surface area contributed by atoms with E-state index in [1.807, 2.05) is 25.9 Å². The SMILES string of the molecule is CC1=C2C(=CC1)[C@@](C)(O)CC[C@H]1[C@H](CN(C)C)C(=O)O[C@H]21. The lowest BCUT2D eigenvalue weighted by atomic mass is 9.84. The van der Waals surface area contributed by atoms with Gasteiger partial charge in [-0.05, 0) is 58.4 Å². The molecule has 0 aromatic rings. The van der Waals surface area contributed by atoms with Crippen molar-refractivity contribution in [1.82, 2.24) is 4.90 Å². The van der Waals surface area contributed by atoms with Crippen molar-refractivity contribution >= 4 is 5.97 Å². The second-order valence-electron chi connectivity index (χ2n) is 7.22. The Morgan fingerprint density at radius 2 is 2.19 bits per heavy atom. The van der Waals surface area contributed by atoms with E-state index in [-0.39, 0.29) is 23.9 Å². The summed E-state index contributed by atoms with van der Waals surface area (Å²) >= 11 is 0. The molecule has 4 heteroatoms. The van der Waals surface area contributed by atoms with E-state index in [4.69, 9.17) is 4.74 Å². The first-order valence-corrected chi connectivity index (χ1v) is 7.79. The first kappa shape index (κ1) is 14.8. The van der Waals surface area contributed by atoms with Crippen LogP contribution in [0.25, 0.3) is 0 Å². The first-order chi connectivity index (χ1) is 9.81. The molecule has 21 heavy (non-hydrogen) atoms. The van der Waals surface area contributed by atoms with Crippen LogP contribution in [0.2, 0.25) is 0 Å². The van der Waals surface area contributed by atoms with Crippen molar-refractivity contribution in [3.63, 3.8) is 0 Å². The van der Waals surface area contributed by atoms with Crippen molar-refractivity contribution in [3.05, 3.63) is 22.8 Å². The van der Waals surface area contributed by atoms with Gasteiger partial charge < -0.3 is 14.7 Å². The van der Waals surface area contributed by atoms with Crippen LogP contribution in [0.5, 0.6) is 0 Å². The van der Waals surface area contributed by atoms with Gasteiger partial charge in [0.2, 0.25) is 0 Å². The lowest BCUT2D eigenvalue weighted by Crippen LogP contribution is -2.31. The van der Waals surface area contributed by atoms with E-state index in [2.05, 4.69) is 13.0 Å². The molecule has 1 aliphatic heterocycles. The van der Waals surface area contributed by atoms with Crippen molar-refractivity contribution in [2.75, 3.05) is 20.6 Å². The third-order valence-electron chi connectivity index (χ3n) is 5.20. The van der Waals surface area contributed by atoms with Gasteiger partial charge >= 0.3 is 5.97 Å². The molecule has 1 saturated heterocycles. The Morgan fingerprint density at radius 1 is 1.48 bits per heavy atom. The molecule has 2 fully saturated rings. The summed E-state index contributed by atoms with van der Waals surface area (Å²) in [7, 11) is 3.97. The molecule has 0 unspecified atom stereocenters. The summed E-state index contributed by atoms with van der Waals surface area (Å²) in [4.78, 5) is 14.3. The number of nitrogens with zero attached hydrogens (tertiary/aromatic N) is 1. The van der Waals surface area contributed by atoms with Crippen LogP contribution in [0, 0.1) is 11.8 Å². The monoisotopic (exact) mass is 291 g/mol. The van der Waals surface area contributed by atoms with E-state index in [0.717, 1.165) is 24.0 Å². The maximum absolute atomic E-state index is 12.3. The fourth-order valence-electron chi connectivity index (χ4n) is 4.11. The van der Waals surface area contributed by atoms with Crippen LogP contribution in [0.3, 0.4) is 0 Å². The van der Waals surface area contributed by atoms with E-state index in [1.165, 1.54) is 5.57 Å². The quantitative estimate of drug-likeness (QED) is 0.790. The maximum Gasteiger partial charge on any atom is 0.311 e. The van der Waals surface area contributed by atoms with Gasteiger partial charge in [0.1, 0.15) is 6.10 Å². The Kier molecular flexibility index (Phi) is 3.49. The van der Waals surface area contributed by atoms with Crippen LogP contribution in [0.4, 0.5) is 0 Å². The van der Waals surface area contributed by atoms with Crippen LogP contribution in [0.1, 0.15) is 33.1 Å². The second kappa shape index (κ2) is 4.96. The predicted octanol–water partition coefficient (Wildman–Crippen LogP) is 1.90. The molecule has 4 atom stereocenters. The third kappa shape index (κ3) is 2.34. The highest BCUT2D eigenvalue weighted by Crippen LogP contribution is 2.49. The van der Waals surface area contributed by atoms with E-state index < -0.39 is 5.60 Å². The number of hydrogen-bond donors (Lipinski definition) is 1. The average molecular weight is 291 g/mol. The molecule has 0 bridgehead atoms. The highest BCUT2D eigenvalue weighted by Gasteiger charge is 2.51. The van der Waals surface area contributed by atoms with Gasteiger partial charge in [-0.15, -0.1) is 0 Å². The largest absolute Gasteiger partial charge is 0.457 e. The zero-order valence-electron chi connectivity index (χ0n) is 13.3. The molecular weight excluding hydrogens is 266 g/mol. The zero-order valence-corrected chi connectivity index (χ0v) is 13.3. The van der Waals surface area contributed by atoms with Gasteiger partial charge in [0, 0.05) is 12.5 Å². The molecule has 4 nitrogen and oxygen atoms in total. The Morgan fingerprint density at radius 3 is 2.86 bits per heavy atom. The zero-order chi connectivity index (χ0) is 15.4. The number of carbonyl (C=O) groups excluding carboxylic acids is 1. The number of rotatable bonds is 2. The van der Waals surface area contributed by atoms with E-state index in [9.17, 15) is 9.90 Å². The highest BCUT2D eigenvalue weighted by atomic mass is 16.6. The smallest absolute Gasteiger partial charge is 0.311 e. The predicted molar refractivity (Wildman–Crippen MR) is 80.7 cm³/mol. The van der Waals surface area contributed by atoms with Gasteiger partial charge in [-0.25, -0.2) is 0 Å². The van der Waals surface area contributed by atoms with Crippen molar-refractivity contribution in [2.45, 2.75) is 44.8 Å². The summed E-state index contributed by atoms with van der Waals surface area (Å²) in [5.41, 5.74) is 2.52. The fraction of sp³-hybridized carbons (Fsp3) is 0.706. The molecule has 0 amide bonds. The molecule has 3 rings (SSSR count). The molecule has 0 aromatic carbocycles. The molecule has 116 valence electrons. The Labute approximate surface area is 126 Å². The molecule has 0 spiro atoms. The first-order valence-electron chi connectivity index (χ1n) is 7.79. The molecular formula is C17H25NO3. The van der Waals surface area contributed by atoms with Gasteiger partial charge in [-0.1, -0.05) is 11.6 Å². The van der Waals surface area contributed by atoms with E-state index in [1.54, 1.807) is 0 Å². The summed E-state index contributed by atoms with van der Waals surface area (Å²) < 4.78 is 5.76. The number of allylic oxidation sites excluding steroid dienone is 2. The molecule has 0 aromatic heterocycles. The number of aliphatic hydroxyl groups is 1. The van der Waals surface area contributed by atoms with Crippen LogP contribution in [-0.2, 0) is 9.53 Å². The number of ether oxygens (including phenoxy) is 1. The van der Waals surface area contributed by atoms with E-state index >= 15 is 0 Å². The summed E-state index contributed by atoms with van der Waals surface area (Å²) in [6.07, 6.45) is 4.33. The topological polar surface area (TPSA) is 49.8 Å². The molecule has 2 aliphatic carbocycles. The molecule has 1 saturated carbocycles. The minimum atomic E-state index is -0.799. The lowest BCUT2D eigenvalue weighted by Gasteiger charge is -2.25. The van der Waals surface area contributed by atoms with Crippen molar-refractivity contribution in [1.29, 1.82) is 0 Å². The Balaban J connectivity index is 1.99. The summed E-state index contributed by atoms with van der Waals surface area (Å²) in [5, 5.41) is 10.8. The molecule has 1 heterocycles.